The maximum atomic E-state index is 12.2. The van der Waals surface area contributed by atoms with Gasteiger partial charge in [0.25, 0.3) is 0 Å². The number of amides is 1. The van der Waals surface area contributed by atoms with Crippen molar-refractivity contribution in [2.75, 3.05) is 19.6 Å². The summed E-state index contributed by atoms with van der Waals surface area (Å²) in [6, 6.07) is 2.82. The molecule has 3 aliphatic rings. The summed E-state index contributed by atoms with van der Waals surface area (Å²) in [5, 5.41) is 4.53. The van der Waals surface area contributed by atoms with Gasteiger partial charge in [-0.2, -0.15) is 5.10 Å². The number of carbonyl (C=O) groups excluding carboxylic acids is 1. The van der Waals surface area contributed by atoms with Gasteiger partial charge in [0.15, 0.2) is 0 Å². The standard InChI is InChI=1S/C18H28N4O2/c1-13-10-14(2)21(19-13)9-5-8-20-11-16-17(12-20)24-18(23)22(16)15-6-3-4-7-15/h10,15-17H,3-9,11-12H2,1-2H3/t16-,17+/m0/s1. The van der Waals surface area contributed by atoms with Crippen molar-refractivity contribution >= 4 is 6.09 Å². The molecule has 1 amide bonds. The van der Waals surface area contributed by atoms with Crippen LogP contribution in [0.1, 0.15) is 43.5 Å². The number of rotatable bonds is 5. The van der Waals surface area contributed by atoms with Crippen molar-refractivity contribution in [1.82, 2.24) is 19.6 Å². The van der Waals surface area contributed by atoms with Crippen LogP contribution in [0.5, 0.6) is 0 Å². The second kappa shape index (κ2) is 6.39. The molecule has 6 nitrogen and oxygen atoms in total. The molecule has 0 spiro atoms. The summed E-state index contributed by atoms with van der Waals surface area (Å²) in [5.41, 5.74) is 2.31. The van der Waals surface area contributed by atoms with Crippen LogP contribution in [0.15, 0.2) is 6.07 Å². The Balaban J connectivity index is 1.30. The van der Waals surface area contributed by atoms with E-state index >= 15 is 0 Å². The first-order valence-corrected chi connectivity index (χ1v) is 9.34. The number of hydrogen-bond acceptors (Lipinski definition) is 4. The number of ether oxygens (including phenoxy) is 1. The van der Waals surface area contributed by atoms with Crippen LogP contribution >= 0.6 is 0 Å². The van der Waals surface area contributed by atoms with Crippen LogP contribution < -0.4 is 0 Å². The molecule has 2 saturated heterocycles. The Labute approximate surface area is 143 Å². The van der Waals surface area contributed by atoms with Crippen molar-refractivity contribution in [3.05, 3.63) is 17.5 Å². The average molecular weight is 332 g/mol. The van der Waals surface area contributed by atoms with E-state index in [0.717, 1.165) is 51.1 Å². The van der Waals surface area contributed by atoms with Crippen molar-refractivity contribution in [1.29, 1.82) is 0 Å². The fourth-order valence-electron chi connectivity index (χ4n) is 4.67. The Morgan fingerprint density at radius 1 is 1.21 bits per heavy atom. The molecule has 1 aromatic rings. The van der Waals surface area contributed by atoms with Crippen molar-refractivity contribution in [2.24, 2.45) is 0 Å². The van der Waals surface area contributed by atoms with Crippen molar-refractivity contribution in [3.63, 3.8) is 0 Å². The molecule has 4 rings (SSSR count). The Kier molecular flexibility index (Phi) is 4.24. The lowest BCUT2D eigenvalue weighted by Gasteiger charge is -2.27. The van der Waals surface area contributed by atoms with E-state index in [4.69, 9.17) is 4.74 Å². The van der Waals surface area contributed by atoms with Crippen molar-refractivity contribution in [3.8, 4) is 0 Å². The van der Waals surface area contributed by atoms with E-state index in [1.807, 2.05) is 6.92 Å². The molecule has 0 unspecified atom stereocenters. The highest BCUT2D eigenvalue weighted by Crippen LogP contribution is 2.34. The smallest absolute Gasteiger partial charge is 0.410 e. The lowest BCUT2D eigenvalue weighted by Crippen LogP contribution is -2.43. The highest BCUT2D eigenvalue weighted by molar-refractivity contribution is 5.71. The summed E-state index contributed by atoms with van der Waals surface area (Å²) >= 11 is 0. The average Bonchev–Trinajstić information content (AvgIpc) is 3.26. The van der Waals surface area contributed by atoms with Crippen LogP contribution in [0.25, 0.3) is 0 Å². The number of hydrogen-bond donors (Lipinski definition) is 0. The van der Waals surface area contributed by atoms with Crippen molar-refractivity contribution < 1.29 is 9.53 Å². The maximum absolute atomic E-state index is 12.2. The summed E-state index contributed by atoms with van der Waals surface area (Å²) in [6.07, 6.45) is 5.88. The normalized spacial score (nSPS) is 27.9. The van der Waals surface area contributed by atoms with Gasteiger partial charge in [-0.05, 0) is 39.2 Å². The van der Waals surface area contributed by atoms with E-state index in [9.17, 15) is 4.79 Å². The van der Waals surface area contributed by atoms with E-state index in [-0.39, 0.29) is 18.2 Å². The van der Waals surface area contributed by atoms with Gasteiger partial charge in [-0.25, -0.2) is 4.79 Å². The SMILES string of the molecule is Cc1cc(C)n(CCCN2C[C@H]3OC(=O)N(C4CCCC4)[C@H]3C2)n1. The molecule has 1 aromatic heterocycles. The van der Waals surface area contributed by atoms with E-state index in [2.05, 4.69) is 32.6 Å². The number of aryl methyl sites for hydroxylation is 3. The van der Waals surface area contributed by atoms with E-state index < -0.39 is 0 Å². The maximum Gasteiger partial charge on any atom is 0.410 e. The molecule has 24 heavy (non-hydrogen) atoms. The first kappa shape index (κ1) is 15.9. The van der Waals surface area contributed by atoms with Gasteiger partial charge >= 0.3 is 6.09 Å². The molecular formula is C18H28N4O2. The quantitative estimate of drug-likeness (QED) is 0.830. The first-order chi connectivity index (χ1) is 11.6. The number of carbonyl (C=O) groups is 1. The fraction of sp³-hybridized carbons (Fsp3) is 0.778. The minimum absolute atomic E-state index is 0.0702. The van der Waals surface area contributed by atoms with Crippen LogP contribution in [-0.2, 0) is 11.3 Å². The van der Waals surface area contributed by atoms with Gasteiger partial charge < -0.3 is 4.74 Å². The summed E-state index contributed by atoms with van der Waals surface area (Å²) in [4.78, 5) is 16.7. The predicted octanol–water partition coefficient (Wildman–Crippen LogP) is 2.34. The number of fused-ring (bicyclic) bond motifs is 1. The van der Waals surface area contributed by atoms with Crippen LogP contribution in [0, 0.1) is 13.8 Å². The summed E-state index contributed by atoms with van der Waals surface area (Å²) < 4.78 is 7.75. The third kappa shape index (κ3) is 2.92. The molecule has 0 N–H and O–H groups in total. The molecule has 3 fully saturated rings. The van der Waals surface area contributed by atoms with Crippen LogP contribution in [-0.4, -0.2) is 63.5 Å². The second-order valence-electron chi connectivity index (χ2n) is 7.60. The minimum atomic E-state index is -0.0702. The molecule has 1 saturated carbocycles. The zero-order valence-corrected chi connectivity index (χ0v) is 14.8. The van der Waals surface area contributed by atoms with Gasteiger partial charge in [0.1, 0.15) is 6.10 Å². The van der Waals surface area contributed by atoms with Gasteiger partial charge in [0, 0.05) is 37.9 Å². The van der Waals surface area contributed by atoms with Gasteiger partial charge in [-0.3, -0.25) is 14.5 Å². The van der Waals surface area contributed by atoms with Gasteiger partial charge in [-0.15, -0.1) is 0 Å². The zero-order chi connectivity index (χ0) is 16.7. The summed E-state index contributed by atoms with van der Waals surface area (Å²) in [7, 11) is 0. The van der Waals surface area contributed by atoms with E-state index in [1.54, 1.807) is 0 Å². The topological polar surface area (TPSA) is 50.6 Å². The Bertz CT molecular complexity index is 608. The second-order valence-corrected chi connectivity index (χ2v) is 7.60. The highest BCUT2D eigenvalue weighted by atomic mass is 16.6. The molecule has 2 atom stereocenters. The van der Waals surface area contributed by atoms with E-state index in [1.165, 1.54) is 18.5 Å². The van der Waals surface area contributed by atoms with Crippen LogP contribution in [0.3, 0.4) is 0 Å². The minimum Gasteiger partial charge on any atom is -0.442 e. The molecule has 0 aromatic carbocycles. The van der Waals surface area contributed by atoms with Gasteiger partial charge in [0.2, 0.25) is 0 Å². The van der Waals surface area contributed by atoms with Crippen LogP contribution in [0.2, 0.25) is 0 Å². The third-order valence-corrected chi connectivity index (χ3v) is 5.80. The number of likely N-dealkylation sites (tertiary alicyclic amines) is 1. The molecule has 0 bridgehead atoms. The Morgan fingerprint density at radius 2 is 2.00 bits per heavy atom. The van der Waals surface area contributed by atoms with Crippen LogP contribution in [0.4, 0.5) is 4.79 Å². The number of aromatic nitrogens is 2. The molecule has 132 valence electrons. The molecule has 6 heteroatoms. The lowest BCUT2D eigenvalue weighted by atomic mass is 10.1. The molecule has 3 heterocycles. The van der Waals surface area contributed by atoms with Gasteiger partial charge in [-0.1, -0.05) is 12.8 Å². The Hall–Kier alpha value is -1.56. The summed E-state index contributed by atoms with van der Waals surface area (Å²) in [5.74, 6) is 0. The lowest BCUT2D eigenvalue weighted by molar-refractivity contribution is 0.114. The van der Waals surface area contributed by atoms with Gasteiger partial charge in [0.05, 0.1) is 11.7 Å². The van der Waals surface area contributed by atoms with Crippen molar-refractivity contribution in [2.45, 2.75) is 70.7 Å². The third-order valence-electron chi connectivity index (χ3n) is 5.80. The highest BCUT2D eigenvalue weighted by Gasteiger charge is 2.50. The summed E-state index contributed by atoms with van der Waals surface area (Å²) in [6.45, 7) is 8.00. The monoisotopic (exact) mass is 332 g/mol. The number of nitrogens with zero attached hydrogens (tertiary/aromatic N) is 4. The zero-order valence-electron chi connectivity index (χ0n) is 14.8. The largest absolute Gasteiger partial charge is 0.442 e. The van der Waals surface area contributed by atoms with E-state index in [0.29, 0.717) is 6.04 Å². The first-order valence-electron chi connectivity index (χ1n) is 9.34. The molecule has 0 radical (unpaired) electrons. The fourth-order valence-corrected chi connectivity index (χ4v) is 4.67. The molecule has 2 aliphatic heterocycles. The molecule has 1 aliphatic carbocycles. The predicted molar refractivity (Wildman–Crippen MR) is 90.9 cm³/mol. The Morgan fingerprint density at radius 3 is 2.71 bits per heavy atom. The molecular weight excluding hydrogens is 304 g/mol.